The molecule has 2 spiro atoms. The Morgan fingerprint density at radius 3 is 2.39 bits per heavy atom. The van der Waals surface area contributed by atoms with Gasteiger partial charge in [-0.1, -0.05) is 12.2 Å². The summed E-state index contributed by atoms with van der Waals surface area (Å²) in [7, 11) is 0. The van der Waals surface area contributed by atoms with Crippen molar-refractivity contribution in [3.8, 4) is 0 Å². The van der Waals surface area contributed by atoms with Crippen LogP contribution in [-0.4, -0.2) is 46.8 Å². The van der Waals surface area contributed by atoms with Crippen LogP contribution in [0.1, 0.15) is 12.8 Å². The Kier molecular flexibility index (Phi) is 1.64. The first-order chi connectivity index (χ1) is 8.69. The Labute approximate surface area is 106 Å². The molecule has 2 N–H and O–H groups in total. The molecule has 2 saturated heterocycles. The maximum Gasteiger partial charge on any atom is 0.124 e. The minimum Gasteiger partial charge on any atom is -0.390 e. The summed E-state index contributed by atoms with van der Waals surface area (Å²) in [5.74, 6) is 1.20. The van der Waals surface area contributed by atoms with Crippen molar-refractivity contribution in [3.05, 3.63) is 12.2 Å². The zero-order valence-corrected chi connectivity index (χ0v) is 10.2. The van der Waals surface area contributed by atoms with Crippen LogP contribution in [-0.2, 0) is 9.47 Å². The Morgan fingerprint density at radius 1 is 1.00 bits per heavy atom. The smallest absolute Gasteiger partial charge is 0.124 e. The van der Waals surface area contributed by atoms with Crippen LogP contribution in [0.2, 0.25) is 0 Å². The van der Waals surface area contributed by atoms with E-state index in [9.17, 15) is 10.2 Å². The molecule has 6 aliphatic rings. The third-order valence-corrected chi connectivity index (χ3v) is 6.17. The van der Waals surface area contributed by atoms with Gasteiger partial charge in [0.25, 0.3) is 0 Å². The Bertz CT molecular complexity index is 437. The lowest BCUT2D eigenvalue weighted by Gasteiger charge is -2.56. The molecule has 4 aliphatic carbocycles. The van der Waals surface area contributed by atoms with Crippen LogP contribution < -0.4 is 0 Å². The fourth-order valence-corrected chi connectivity index (χ4v) is 5.12. The second-order valence-electron chi connectivity index (χ2n) is 6.70. The van der Waals surface area contributed by atoms with Gasteiger partial charge < -0.3 is 19.7 Å². The van der Waals surface area contributed by atoms with E-state index in [1.165, 1.54) is 0 Å². The third kappa shape index (κ3) is 0.933. The fraction of sp³-hybridized carbons (Fsp3) is 0.857. The largest absolute Gasteiger partial charge is 0.390 e. The van der Waals surface area contributed by atoms with Crippen LogP contribution in [0.15, 0.2) is 12.2 Å². The van der Waals surface area contributed by atoms with E-state index in [4.69, 9.17) is 9.47 Å². The van der Waals surface area contributed by atoms with Crippen molar-refractivity contribution < 1.29 is 19.7 Å². The summed E-state index contributed by atoms with van der Waals surface area (Å²) in [5.41, 5.74) is -0.674. The average Bonchev–Trinajstić information content (AvgIpc) is 3.26. The third-order valence-electron chi connectivity index (χ3n) is 6.17. The topological polar surface area (TPSA) is 65.5 Å². The lowest BCUT2D eigenvalue weighted by Crippen LogP contribution is -2.64. The van der Waals surface area contributed by atoms with Gasteiger partial charge in [0.15, 0.2) is 0 Å². The predicted molar refractivity (Wildman–Crippen MR) is 61.7 cm³/mol. The van der Waals surface area contributed by atoms with Gasteiger partial charge >= 0.3 is 0 Å². The summed E-state index contributed by atoms with van der Waals surface area (Å²) in [6.07, 6.45) is 5.50. The molecule has 6 rings (SSSR count). The fourth-order valence-electron chi connectivity index (χ4n) is 5.12. The Morgan fingerprint density at radius 2 is 1.72 bits per heavy atom. The van der Waals surface area contributed by atoms with Gasteiger partial charge in [-0.15, -0.1) is 0 Å². The van der Waals surface area contributed by atoms with Crippen molar-refractivity contribution in [2.45, 2.75) is 36.3 Å². The minimum atomic E-state index is -0.361. The molecule has 0 aromatic rings. The van der Waals surface area contributed by atoms with Gasteiger partial charge in [-0.3, -0.25) is 0 Å². The van der Waals surface area contributed by atoms with Gasteiger partial charge in [-0.25, -0.2) is 0 Å². The Balaban J connectivity index is 1.63. The van der Waals surface area contributed by atoms with Gasteiger partial charge in [0, 0.05) is 17.8 Å². The zero-order chi connectivity index (χ0) is 12.1. The molecule has 2 bridgehead atoms. The van der Waals surface area contributed by atoms with Crippen LogP contribution in [0.3, 0.4) is 0 Å². The summed E-state index contributed by atoms with van der Waals surface area (Å²) < 4.78 is 11.4. The standard InChI is InChI=1S/C14H18O4/c15-10-4-2-7-8-1-3-9(11(7)14(10)6-18-14)13(5-17-13)12(8)16/h1,3,7-12,15-16H,2,4-6H2/t7?,8?,9?,10-,11?,12-,13+,14-/m1/s1. The van der Waals surface area contributed by atoms with Gasteiger partial charge in [0.1, 0.15) is 11.2 Å². The monoisotopic (exact) mass is 250 g/mol. The summed E-state index contributed by atoms with van der Waals surface area (Å²) in [4.78, 5) is 0. The highest BCUT2D eigenvalue weighted by atomic mass is 16.6. The number of epoxide rings is 2. The van der Waals surface area contributed by atoms with Crippen LogP contribution in [0.25, 0.3) is 0 Å². The first-order valence-electron chi connectivity index (χ1n) is 7.01. The first kappa shape index (κ1) is 10.4. The highest BCUT2D eigenvalue weighted by Gasteiger charge is 2.75. The first-order valence-corrected chi connectivity index (χ1v) is 7.01. The highest BCUT2D eigenvalue weighted by molar-refractivity contribution is 5.31. The van der Waals surface area contributed by atoms with Crippen LogP contribution in [0, 0.1) is 23.7 Å². The molecule has 0 radical (unpaired) electrons. The van der Waals surface area contributed by atoms with Crippen molar-refractivity contribution in [1.82, 2.24) is 0 Å². The highest BCUT2D eigenvalue weighted by Crippen LogP contribution is 2.65. The molecule has 4 fully saturated rings. The summed E-state index contributed by atoms with van der Waals surface area (Å²) >= 11 is 0. The molecular formula is C14H18O4. The second kappa shape index (κ2) is 2.85. The summed E-state index contributed by atoms with van der Waals surface area (Å²) in [6.45, 7) is 1.34. The quantitative estimate of drug-likeness (QED) is 0.472. The van der Waals surface area contributed by atoms with E-state index in [1.807, 2.05) is 0 Å². The number of rotatable bonds is 0. The summed E-state index contributed by atoms with van der Waals surface area (Å²) in [5, 5.41) is 20.8. The molecule has 4 heteroatoms. The normalized spacial score (nSPS) is 67.4. The molecule has 2 heterocycles. The van der Waals surface area contributed by atoms with Crippen molar-refractivity contribution in [1.29, 1.82) is 0 Å². The molecule has 8 atom stereocenters. The van der Waals surface area contributed by atoms with Gasteiger partial charge in [-0.2, -0.15) is 0 Å². The van der Waals surface area contributed by atoms with Crippen LogP contribution in [0.4, 0.5) is 0 Å². The van der Waals surface area contributed by atoms with Crippen molar-refractivity contribution in [3.63, 3.8) is 0 Å². The van der Waals surface area contributed by atoms with Crippen LogP contribution in [0.5, 0.6) is 0 Å². The maximum atomic E-state index is 10.5. The molecule has 0 aromatic heterocycles. The predicted octanol–water partition coefficient (Wildman–Crippen LogP) is 0.0882. The molecule has 0 aromatic carbocycles. The van der Waals surface area contributed by atoms with Gasteiger partial charge in [-0.05, 0) is 18.8 Å². The molecule has 0 amide bonds. The number of aliphatic hydroxyl groups is 2. The van der Waals surface area contributed by atoms with Crippen molar-refractivity contribution >= 4 is 0 Å². The van der Waals surface area contributed by atoms with E-state index in [2.05, 4.69) is 12.2 Å². The number of hydrogen-bond donors (Lipinski definition) is 2. The summed E-state index contributed by atoms with van der Waals surface area (Å²) in [6, 6.07) is 0. The molecule has 4 nitrogen and oxygen atoms in total. The molecule has 98 valence electrons. The average molecular weight is 250 g/mol. The van der Waals surface area contributed by atoms with Gasteiger partial charge in [0.2, 0.25) is 0 Å². The molecular weight excluding hydrogens is 232 g/mol. The molecule has 18 heavy (non-hydrogen) atoms. The molecule has 2 aliphatic heterocycles. The maximum absolute atomic E-state index is 10.5. The van der Waals surface area contributed by atoms with E-state index in [1.54, 1.807) is 0 Å². The molecule has 4 unspecified atom stereocenters. The Hall–Kier alpha value is -0.420. The van der Waals surface area contributed by atoms with E-state index in [0.29, 0.717) is 25.0 Å². The van der Waals surface area contributed by atoms with E-state index in [0.717, 1.165) is 12.8 Å². The van der Waals surface area contributed by atoms with Gasteiger partial charge in [0.05, 0.1) is 25.4 Å². The van der Waals surface area contributed by atoms with E-state index in [-0.39, 0.29) is 35.2 Å². The number of ether oxygens (including phenoxy) is 2. The lowest BCUT2D eigenvalue weighted by atomic mass is 9.49. The van der Waals surface area contributed by atoms with Crippen molar-refractivity contribution in [2.75, 3.05) is 13.2 Å². The molecule has 2 saturated carbocycles. The van der Waals surface area contributed by atoms with Crippen molar-refractivity contribution in [2.24, 2.45) is 23.7 Å². The van der Waals surface area contributed by atoms with E-state index < -0.39 is 0 Å². The zero-order valence-electron chi connectivity index (χ0n) is 10.2. The SMILES string of the molecule is O[C@@H]1CCC2C3C=CC(C2[C@@]12CO2)[C@@]1(CO1)[C@@H]3O. The number of hydrogen-bond acceptors (Lipinski definition) is 4. The lowest BCUT2D eigenvalue weighted by molar-refractivity contribution is -0.139. The second-order valence-corrected chi connectivity index (χ2v) is 6.70. The van der Waals surface area contributed by atoms with E-state index >= 15 is 0 Å². The minimum absolute atomic E-state index is 0.191. The number of aliphatic hydroxyl groups excluding tert-OH is 2. The van der Waals surface area contributed by atoms with Crippen LogP contribution >= 0.6 is 0 Å².